The second-order valence-corrected chi connectivity index (χ2v) is 4.19. The van der Waals surface area contributed by atoms with Crippen LogP contribution in [-0.2, 0) is 0 Å². The van der Waals surface area contributed by atoms with Gasteiger partial charge in [-0.15, -0.1) is 0 Å². The highest BCUT2D eigenvalue weighted by Gasteiger charge is 2.02. The molecule has 0 amide bonds. The number of H-pyrrole nitrogens is 1. The average molecular weight is 271 g/mol. The summed E-state index contributed by atoms with van der Waals surface area (Å²) in [6.07, 6.45) is 0. The third-order valence-electron chi connectivity index (χ3n) is 2.06. The zero-order valence-electron chi connectivity index (χ0n) is 7.11. The number of hydrogen-bond acceptors (Lipinski definition) is 0. The van der Waals surface area contributed by atoms with Crippen molar-refractivity contribution in [1.82, 2.24) is 4.98 Å². The van der Waals surface area contributed by atoms with E-state index >= 15 is 0 Å². The molecular formula is C10H10IN. The lowest BCUT2D eigenvalue weighted by Gasteiger charge is -1.98. The van der Waals surface area contributed by atoms with Crippen LogP contribution in [0.25, 0.3) is 10.9 Å². The number of aryl methyl sites for hydroxylation is 2. The van der Waals surface area contributed by atoms with Crippen LogP contribution in [0.3, 0.4) is 0 Å². The van der Waals surface area contributed by atoms with Crippen molar-refractivity contribution in [2.24, 2.45) is 0 Å². The number of halogens is 1. The first-order valence-electron chi connectivity index (χ1n) is 3.93. The van der Waals surface area contributed by atoms with E-state index in [4.69, 9.17) is 0 Å². The molecule has 0 aliphatic heterocycles. The van der Waals surface area contributed by atoms with E-state index in [1.807, 2.05) is 0 Å². The highest BCUT2D eigenvalue weighted by Crippen LogP contribution is 2.23. The molecular weight excluding hydrogens is 261 g/mol. The monoisotopic (exact) mass is 271 g/mol. The van der Waals surface area contributed by atoms with Crippen LogP contribution in [0, 0.1) is 17.4 Å². The zero-order chi connectivity index (χ0) is 8.72. The highest BCUT2D eigenvalue weighted by molar-refractivity contribution is 14.1. The predicted molar refractivity (Wildman–Crippen MR) is 60.5 cm³/mol. The van der Waals surface area contributed by atoms with Crippen molar-refractivity contribution in [1.29, 1.82) is 0 Å². The van der Waals surface area contributed by atoms with Crippen LogP contribution < -0.4 is 0 Å². The van der Waals surface area contributed by atoms with Gasteiger partial charge in [0.1, 0.15) is 0 Å². The molecule has 0 saturated heterocycles. The number of rotatable bonds is 0. The summed E-state index contributed by atoms with van der Waals surface area (Å²) in [5, 5.41) is 1.31. The molecule has 0 unspecified atom stereocenters. The van der Waals surface area contributed by atoms with Crippen molar-refractivity contribution in [2.45, 2.75) is 13.8 Å². The minimum absolute atomic E-state index is 1.23. The Hall–Kier alpha value is -0.510. The summed E-state index contributed by atoms with van der Waals surface area (Å²) in [7, 11) is 0. The van der Waals surface area contributed by atoms with E-state index in [1.165, 1.54) is 25.7 Å². The van der Waals surface area contributed by atoms with Crippen LogP contribution in [-0.4, -0.2) is 4.98 Å². The highest BCUT2D eigenvalue weighted by atomic mass is 127. The molecule has 2 rings (SSSR count). The van der Waals surface area contributed by atoms with Gasteiger partial charge in [-0.05, 0) is 48.1 Å². The summed E-state index contributed by atoms with van der Waals surface area (Å²) in [5.41, 5.74) is 3.84. The van der Waals surface area contributed by atoms with Gasteiger partial charge in [0.05, 0.1) is 5.52 Å². The maximum Gasteiger partial charge on any atom is 0.0594 e. The molecule has 12 heavy (non-hydrogen) atoms. The van der Waals surface area contributed by atoms with Gasteiger partial charge in [-0.3, -0.25) is 0 Å². The van der Waals surface area contributed by atoms with Gasteiger partial charge < -0.3 is 4.98 Å². The number of nitrogens with one attached hydrogen (secondary N) is 1. The molecule has 0 radical (unpaired) electrons. The fraction of sp³-hybridized carbons (Fsp3) is 0.200. The first kappa shape index (κ1) is 8.10. The predicted octanol–water partition coefficient (Wildman–Crippen LogP) is 3.39. The topological polar surface area (TPSA) is 15.8 Å². The van der Waals surface area contributed by atoms with Crippen molar-refractivity contribution in [3.63, 3.8) is 0 Å². The first-order chi connectivity index (χ1) is 5.68. The van der Waals surface area contributed by atoms with Crippen molar-refractivity contribution in [3.8, 4) is 0 Å². The van der Waals surface area contributed by atoms with Gasteiger partial charge in [-0.25, -0.2) is 0 Å². The van der Waals surface area contributed by atoms with Gasteiger partial charge in [0, 0.05) is 14.7 Å². The van der Waals surface area contributed by atoms with Gasteiger partial charge in [0.2, 0.25) is 0 Å². The summed E-state index contributed by atoms with van der Waals surface area (Å²) in [6, 6.07) is 6.50. The molecule has 1 N–H and O–H groups in total. The van der Waals surface area contributed by atoms with E-state index in [0.717, 1.165) is 0 Å². The second-order valence-electron chi connectivity index (χ2n) is 3.11. The molecule has 0 fully saturated rings. The van der Waals surface area contributed by atoms with Crippen molar-refractivity contribution in [2.75, 3.05) is 0 Å². The van der Waals surface area contributed by atoms with E-state index in [-0.39, 0.29) is 0 Å². The SMILES string of the molecule is Cc1cc2ccc(C)c(I)c2[nH]1. The maximum atomic E-state index is 3.36. The minimum atomic E-state index is 1.23. The number of benzene rings is 1. The molecule has 1 aromatic heterocycles. The lowest BCUT2D eigenvalue weighted by atomic mass is 10.2. The van der Waals surface area contributed by atoms with Crippen LogP contribution in [0.1, 0.15) is 11.3 Å². The first-order valence-corrected chi connectivity index (χ1v) is 5.01. The van der Waals surface area contributed by atoms with Crippen molar-refractivity contribution in [3.05, 3.63) is 33.0 Å². The third kappa shape index (κ3) is 1.14. The summed E-state index contributed by atoms with van der Waals surface area (Å²) >= 11 is 2.38. The van der Waals surface area contributed by atoms with E-state index in [2.05, 4.69) is 59.6 Å². The smallest absolute Gasteiger partial charge is 0.0594 e. The molecule has 0 saturated carbocycles. The minimum Gasteiger partial charge on any atom is -0.358 e. The Kier molecular flexibility index (Phi) is 1.87. The van der Waals surface area contributed by atoms with Crippen LogP contribution in [0.2, 0.25) is 0 Å². The van der Waals surface area contributed by atoms with Crippen molar-refractivity contribution >= 4 is 33.5 Å². The van der Waals surface area contributed by atoms with Gasteiger partial charge in [-0.1, -0.05) is 12.1 Å². The fourth-order valence-electron chi connectivity index (χ4n) is 1.41. The zero-order valence-corrected chi connectivity index (χ0v) is 9.27. The second kappa shape index (κ2) is 2.76. The maximum absolute atomic E-state index is 3.36. The molecule has 0 bridgehead atoms. The lowest BCUT2D eigenvalue weighted by molar-refractivity contribution is 1.29. The summed E-state index contributed by atoms with van der Waals surface area (Å²) in [6.45, 7) is 4.22. The van der Waals surface area contributed by atoms with Crippen molar-refractivity contribution < 1.29 is 0 Å². The normalized spacial score (nSPS) is 10.9. The molecule has 2 heteroatoms. The summed E-state index contributed by atoms with van der Waals surface area (Å²) in [5.74, 6) is 0. The van der Waals surface area contributed by atoms with E-state index in [0.29, 0.717) is 0 Å². The third-order valence-corrected chi connectivity index (χ3v) is 3.45. The quantitative estimate of drug-likeness (QED) is 0.707. The number of aromatic amines is 1. The fourth-order valence-corrected chi connectivity index (χ4v) is 2.04. The Balaban J connectivity index is 2.89. The molecule has 1 nitrogen and oxygen atoms in total. The Morgan fingerprint density at radius 3 is 2.75 bits per heavy atom. The van der Waals surface area contributed by atoms with Crippen LogP contribution in [0.15, 0.2) is 18.2 Å². The average Bonchev–Trinajstić information content (AvgIpc) is 2.39. The number of aromatic nitrogens is 1. The largest absolute Gasteiger partial charge is 0.358 e. The lowest BCUT2D eigenvalue weighted by Crippen LogP contribution is -1.81. The van der Waals surface area contributed by atoms with Gasteiger partial charge in [0.15, 0.2) is 0 Å². The van der Waals surface area contributed by atoms with Crippen LogP contribution >= 0.6 is 22.6 Å². The Bertz CT molecular complexity index is 429. The van der Waals surface area contributed by atoms with E-state index < -0.39 is 0 Å². The summed E-state index contributed by atoms with van der Waals surface area (Å²) in [4.78, 5) is 3.36. The van der Waals surface area contributed by atoms with Crippen LogP contribution in [0.5, 0.6) is 0 Å². The standard InChI is InChI=1S/C10H10IN/c1-6-3-4-8-5-7(2)12-10(8)9(6)11/h3-5,12H,1-2H3. The molecule has 0 aliphatic carbocycles. The van der Waals surface area contributed by atoms with Gasteiger partial charge in [0.25, 0.3) is 0 Å². The molecule has 0 atom stereocenters. The molecule has 2 aromatic rings. The number of fused-ring (bicyclic) bond motifs is 1. The Morgan fingerprint density at radius 1 is 1.25 bits per heavy atom. The Morgan fingerprint density at radius 2 is 2.00 bits per heavy atom. The number of hydrogen-bond donors (Lipinski definition) is 1. The molecule has 62 valence electrons. The van der Waals surface area contributed by atoms with Gasteiger partial charge in [-0.2, -0.15) is 0 Å². The summed E-state index contributed by atoms with van der Waals surface area (Å²) < 4.78 is 1.33. The molecule has 0 aliphatic rings. The molecule has 1 aromatic carbocycles. The van der Waals surface area contributed by atoms with E-state index in [1.54, 1.807) is 0 Å². The Labute approximate surface area is 85.3 Å². The molecule has 0 spiro atoms. The van der Waals surface area contributed by atoms with E-state index in [9.17, 15) is 0 Å². The van der Waals surface area contributed by atoms with Crippen LogP contribution in [0.4, 0.5) is 0 Å². The van der Waals surface area contributed by atoms with Gasteiger partial charge >= 0.3 is 0 Å². The molecule has 1 heterocycles.